The molecule has 1 aromatic heterocycles. The maximum Gasteiger partial charge on any atom is 0.315 e. The second-order valence-electron chi connectivity index (χ2n) is 5.28. The van der Waals surface area contributed by atoms with Gasteiger partial charge < -0.3 is 15.7 Å². The van der Waals surface area contributed by atoms with Gasteiger partial charge in [-0.3, -0.25) is 4.79 Å². The number of thiazole rings is 1. The van der Waals surface area contributed by atoms with E-state index in [9.17, 15) is 14.7 Å². The van der Waals surface area contributed by atoms with E-state index in [0.717, 1.165) is 30.7 Å². The molecule has 0 bridgehead atoms. The first kappa shape index (κ1) is 15.8. The number of aromatic nitrogens is 1. The number of carbonyl (C=O) groups excluding carboxylic acids is 1. The van der Waals surface area contributed by atoms with E-state index in [4.69, 9.17) is 0 Å². The molecule has 1 aliphatic carbocycles. The summed E-state index contributed by atoms with van der Waals surface area (Å²) in [6.07, 6.45) is 5.67. The molecule has 7 heteroatoms. The summed E-state index contributed by atoms with van der Waals surface area (Å²) in [4.78, 5) is 27.5. The summed E-state index contributed by atoms with van der Waals surface area (Å²) >= 11 is 1.50. The van der Waals surface area contributed by atoms with E-state index in [2.05, 4.69) is 15.6 Å². The minimum Gasteiger partial charge on any atom is -0.481 e. The molecule has 3 unspecified atom stereocenters. The Balaban J connectivity index is 1.92. The second kappa shape index (κ2) is 7.40. The topological polar surface area (TPSA) is 91.3 Å². The molecule has 0 aliphatic heterocycles. The molecule has 0 spiro atoms. The van der Waals surface area contributed by atoms with Crippen LogP contribution in [-0.2, 0) is 4.79 Å². The van der Waals surface area contributed by atoms with Crippen molar-refractivity contribution in [3.05, 3.63) is 16.6 Å². The number of hydrogen-bond donors (Lipinski definition) is 3. The zero-order valence-corrected chi connectivity index (χ0v) is 12.9. The van der Waals surface area contributed by atoms with Gasteiger partial charge >= 0.3 is 12.0 Å². The average molecular weight is 311 g/mol. The molecule has 0 saturated heterocycles. The highest BCUT2D eigenvalue weighted by Crippen LogP contribution is 2.25. The molecule has 0 aromatic carbocycles. The van der Waals surface area contributed by atoms with Crippen LogP contribution in [0, 0.1) is 5.92 Å². The Labute approximate surface area is 128 Å². The Kier molecular flexibility index (Phi) is 5.55. The smallest absolute Gasteiger partial charge is 0.315 e. The molecule has 1 aromatic rings. The van der Waals surface area contributed by atoms with Gasteiger partial charge in [0.15, 0.2) is 0 Å². The molecule has 2 amide bonds. The van der Waals surface area contributed by atoms with E-state index in [1.807, 2.05) is 12.3 Å². The number of nitrogens with one attached hydrogen (secondary N) is 2. The minimum absolute atomic E-state index is 0.128. The van der Waals surface area contributed by atoms with Crippen molar-refractivity contribution >= 4 is 23.3 Å². The third-order valence-electron chi connectivity index (χ3n) is 3.86. The highest BCUT2D eigenvalue weighted by atomic mass is 32.1. The average Bonchev–Trinajstić information content (AvgIpc) is 2.99. The number of carboxylic acids is 1. The Bertz CT molecular complexity index is 478. The number of carbonyl (C=O) groups is 2. The number of urea groups is 1. The molecule has 1 aliphatic rings. The van der Waals surface area contributed by atoms with Crippen molar-refractivity contribution in [2.24, 2.45) is 5.92 Å². The van der Waals surface area contributed by atoms with Crippen molar-refractivity contribution in [3.63, 3.8) is 0 Å². The fourth-order valence-corrected chi connectivity index (χ4v) is 3.49. The molecule has 1 fully saturated rings. The molecule has 3 atom stereocenters. The van der Waals surface area contributed by atoms with Crippen LogP contribution < -0.4 is 10.6 Å². The summed E-state index contributed by atoms with van der Waals surface area (Å²) in [5.74, 6) is -1.31. The van der Waals surface area contributed by atoms with E-state index in [-0.39, 0.29) is 18.1 Å². The molecule has 0 radical (unpaired) electrons. The van der Waals surface area contributed by atoms with Crippen molar-refractivity contribution in [1.29, 1.82) is 0 Å². The monoisotopic (exact) mass is 311 g/mol. The summed E-state index contributed by atoms with van der Waals surface area (Å²) in [7, 11) is 0. The van der Waals surface area contributed by atoms with Gasteiger partial charge in [-0.15, -0.1) is 11.3 Å². The Morgan fingerprint density at radius 1 is 1.48 bits per heavy atom. The number of carboxylic acid groups (broad SMARTS) is 1. The number of aliphatic carboxylic acids is 1. The number of amides is 2. The maximum atomic E-state index is 12.1. The van der Waals surface area contributed by atoms with Crippen LogP contribution in [0.2, 0.25) is 0 Å². The molecule has 1 saturated carbocycles. The van der Waals surface area contributed by atoms with Crippen LogP contribution in [0.4, 0.5) is 4.79 Å². The molecule has 3 N–H and O–H groups in total. The van der Waals surface area contributed by atoms with Crippen molar-refractivity contribution in [1.82, 2.24) is 15.6 Å². The molecule has 2 rings (SSSR count). The van der Waals surface area contributed by atoms with Crippen LogP contribution in [-0.4, -0.2) is 28.1 Å². The lowest BCUT2D eigenvalue weighted by atomic mass is 9.84. The second-order valence-corrected chi connectivity index (χ2v) is 6.21. The number of hydrogen-bond acceptors (Lipinski definition) is 4. The lowest BCUT2D eigenvalue weighted by molar-refractivity contribution is -0.143. The predicted molar refractivity (Wildman–Crippen MR) is 80.2 cm³/mol. The normalized spacial score (nSPS) is 23.3. The predicted octanol–water partition coefficient (Wildman–Crippen LogP) is 2.54. The zero-order chi connectivity index (χ0) is 15.2. The van der Waals surface area contributed by atoms with Gasteiger partial charge in [-0.1, -0.05) is 19.8 Å². The van der Waals surface area contributed by atoms with Crippen molar-refractivity contribution in [3.8, 4) is 0 Å². The molecule has 1 heterocycles. The van der Waals surface area contributed by atoms with Crippen LogP contribution in [0.5, 0.6) is 0 Å². The number of rotatable bonds is 5. The van der Waals surface area contributed by atoms with Gasteiger partial charge in [-0.25, -0.2) is 9.78 Å². The summed E-state index contributed by atoms with van der Waals surface area (Å²) in [6, 6.07) is -0.725. The van der Waals surface area contributed by atoms with E-state index in [1.165, 1.54) is 11.3 Å². The summed E-state index contributed by atoms with van der Waals surface area (Å²) in [5.41, 5.74) is 0. The van der Waals surface area contributed by atoms with Gasteiger partial charge in [0.25, 0.3) is 0 Å². The van der Waals surface area contributed by atoms with Crippen molar-refractivity contribution in [2.75, 3.05) is 0 Å². The fourth-order valence-electron chi connectivity index (χ4n) is 2.71. The van der Waals surface area contributed by atoms with Gasteiger partial charge in [0.1, 0.15) is 5.01 Å². The Hall–Kier alpha value is -1.63. The van der Waals surface area contributed by atoms with Gasteiger partial charge in [0.2, 0.25) is 0 Å². The van der Waals surface area contributed by atoms with E-state index >= 15 is 0 Å². The van der Waals surface area contributed by atoms with Gasteiger partial charge in [-0.2, -0.15) is 0 Å². The van der Waals surface area contributed by atoms with Crippen molar-refractivity contribution < 1.29 is 14.7 Å². The Morgan fingerprint density at radius 3 is 2.86 bits per heavy atom. The first-order valence-corrected chi connectivity index (χ1v) is 8.19. The quantitative estimate of drug-likeness (QED) is 0.779. The zero-order valence-electron chi connectivity index (χ0n) is 12.0. The molecular weight excluding hydrogens is 290 g/mol. The van der Waals surface area contributed by atoms with E-state index in [1.54, 1.807) is 6.20 Å². The van der Waals surface area contributed by atoms with E-state index < -0.39 is 11.9 Å². The third-order valence-corrected chi connectivity index (χ3v) is 4.75. The highest BCUT2D eigenvalue weighted by Gasteiger charge is 2.32. The van der Waals surface area contributed by atoms with Gasteiger partial charge in [0.05, 0.1) is 12.0 Å². The summed E-state index contributed by atoms with van der Waals surface area (Å²) < 4.78 is 0. The fraction of sp³-hybridized carbons (Fsp3) is 0.643. The van der Waals surface area contributed by atoms with Crippen LogP contribution >= 0.6 is 11.3 Å². The summed E-state index contributed by atoms with van der Waals surface area (Å²) in [6.45, 7) is 1.98. The minimum atomic E-state index is -0.827. The SMILES string of the molecule is CCC(NC(=O)NC1CCCCC1C(=O)O)c1nccs1. The first-order chi connectivity index (χ1) is 10.1. The summed E-state index contributed by atoms with van der Waals surface area (Å²) in [5, 5.41) is 17.7. The lowest BCUT2D eigenvalue weighted by Crippen LogP contribution is -2.49. The van der Waals surface area contributed by atoms with Crippen LogP contribution in [0.1, 0.15) is 50.1 Å². The van der Waals surface area contributed by atoms with Crippen molar-refractivity contribution in [2.45, 2.75) is 51.1 Å². The van der Waals surface area contributed by atoms with Gasteiger partial charge in [0, 0.05) is 17.6 Å². The first-order valence-electron chi connectivity index (χ1n) is 7.31. The standard InChI is InChI=1S/C14H21N3O3S/c1-2-10(12-15-7-8-21-12)16-14(20)17-11-6-4-3-5-9(11)13(18)19/h7-11H,2-6H2,1H3,(H,18,19)(H2,16,17,20). The molecule has 6 nitrogen and oxygen atoms in total. The maximum absolute atomic E-state index is 12.1. The molecular formula is C14H21N3O3S. The Morgan fingerprint density at radius 2 is 2.24 bits per heavy atom. The lowest BCUT2D eigenvalue weighted by Gasteiger charge is -2.29. The van der Waals surface area contributed by atoms with Crippen LogP contribution in [0.3, 0.4) is 0 Å². The molecule has 21 heavy (non-hydrogen) atoms. The third kappa shape index (κ3) is 4.17. The van der Waals surface area contributed by atoms with Crippen LogP contribution in [0.25, 0.3) is 0 Å². The highest BCUT2D eigenvalue weighted by molar-refractivity contribution is 7.09. The molecule has 116 valence electrons. The largest absolute Gasteiger partial charge is 0.481 e. The van der Waals surface area contributed by atoms with Crippen LogP contribution in [0.15, 0.2) is 11.6 Å². The van der Waals surface area contributed by atoms with E-state index in [0.29, 0.717) is 6.42 Å². The van der Waals surface area contributed by atoms with Gasteiger partial charge in [-0.05, 0) is 19.3 Å². The number of nitrogens with zero attached hydrogens (tertiary/aromatic N) is 1.